The molecule has 0 spiro atoms. The van der Waals surface area contributed by atoms with E-state index in [1.165, 1.54) is 13.2 Å². The Bertz CT molecular complexity index is 656. The molecule has 1 fully saturated rings. The van der Waals surface area contributed by atoms with Gasteiger partial charge in [-0.25, -0.2) is 0 Å². The van der Waals surface area contributed by atoms with Crippen molar-refractivity contribution in [2.24, 2.45) is 0 Å². The van der Waals surface area contributed by atoms with Crippen LogP contribution in [0.3, 0.4) is 0 Å². The minimum Gasteiger partial charge on any atom is -0.504 e. The molecule has 0 saturated carbocycles. The number of nitro benzene ring substituents is 1. The molecule has 1 amide bonds. The number of rotatable bonds is 3. The van der Waals surface area contributed by atoms with Crippen LogP contribution in [0.2, 0.25) is 0 Å². The van der Waals surface area contributed by atoms with Gasteiger partial charge in [-0.2, -0.15) is 0 Å². The number of hydrogen-bond acceptors (Lipinski definition) is 6. The Morgan fingerprint density at radius 2 is 2.15 bits per heavy atom. The number of aromatic hydroxyl groups is 1. The van der Waals surface area contributed by atoms with E-state index in [2.05, 4.69) is 10.6 Å². The van der Waals surface area contributed by atoms with Crippen LogP contribution in [0.15, 0.2) is 17.8 Å². The standard InChI is InChI=1S/C11H9N3O5S/c1-19-8-4-6(14(17)18)2-5(9(8)15)3-7-10(16)13-11(20)12-7/h2-4,15H,1H3,(H2,12,13,16,20)/b7-3-. The SMILES string of the molecule is COc1cc([N+](=O)[O-])cc(/C=C2\NC(=S)NC2=O)c1O. The summed E-state index contributed by atoms with van der Waals surface area (Å²) in [6.07, 6.45) is 1.25. The average molecular weight is 295 g/mol. The highest BCUT2D eigenvalue weighted by molar-refractivity contribution is 7.80. The minimum atomic E-state index is -0.628. The van der Waals surface area contributed by atoms with E-state index in [-0.39, 0.29) is 33.6 Å². The summed E-state index contributed by atoms with van der Waals surface area (Å²) >= 11 is 4.76. The highest BCUT2D eigenvalue weighted by Gasteiger charge is 2.22. The van der Waals surface area contributed by atoms with Crippen molar-refractivity contribution >= 4 is 35.0 Å². The van der Waals surface area contributed by atoms with Crippen molar-refractivity contribution in [3.63, 3.8) is 0 Å². The number of carbonyl (C=O) groups excluding carboxylic acids is 1. The molecule has 0 bridgehead atoms. The van der Waals surface area contributed by atoms with Gasteiger partial charge in [0.2, 0.25) is 0 Å². The molecule has 0 atom stereocenters. The van der Waals surface area contributed by atoms with Crippen LogP contribution < -0.4 is 15.4 Å². The molecule has 104 valence electrons. The number of phenols is 1. The monoisotopic (exact) mass is 295 g/mol. The topological polar surface area (TPSA) is 114 Å². The Hall–Kier alpha value is -2.68. The van der Waals surface area contributed by atoms with Gasteiger partial charge in [0, 0.05) is 11.6 Å². The van der Waals surface area contributed by atoms with Crippen molar-refractivity contribution < 1.29 is 19.6 Å². The first-order valence-corrected chi connectivity index (χ1v) is 5.72. The molecule has 1 aromatic rings. The number of amides is 1. The number of benzene rings is 1. The molecular weight excluding hydrogens is 286 g/mol. The summed E-state index contributed by atoms with van der Waals surface area (Å²) in [7, 11) is 1.27. The predicted octanol–water partition coefficient (Wildman–Crippen LogP) is 0.654. The van der Waals surface area contributed by atoms with E-state index < -0.39 is 10.8 Å². The lowest BCUT2D eigenvalue weighted by atomic mass is 10.1. The lowest BCUT2D eigenvalue weighted by Crippen LogP contribution is -2.21. The van der Waals surface area contributed by atoms with Crippen molar-refractivity contribution in [1.82, 2.24) is 10.6 Å². The first kappa shape index (κ1) is 13.7. The predicted molar refractivity (Wildman–Crippen MR) is 73.2 cm³/mol. The van der Waals surface area contributed by atoms with Gasteiger partial charge in [-0.15, -0.1) is 0 Å². The second-order valence-corrected chi connectivity index (χ2v) is 4.22. The molecule has 0 aromatic heterocycles. The van der Waals surface area contributed by atoms with Crippen LogP contribution >= 0.6 is 12.2 Å². The Kier molecular flexibility index (Phi) is 3.53. The Balaban J connectivity index is 2.53. The molecule has 1 aliphatic heterocycles. The van der Waals surface area contributed by atoms with Gasteiger partial charge in [0.25, 0.3) is 11.6 Å². The molecule has 20 heavy (non-hydrogen) atoms. The molecule has 3 N–H and O–H groups in total. The number of ether oxygens (including phenoxy) is 1. The molecule has 0 unspecified atom stereocenters. The van der Waals surface area contributed by atoms with Crippen LogP contribution in [0, 0.1) is 10.1 Å². The summed E-state index contributed by atoms with van der Waals surface area (Å²) < 4.78 is 4.86. The number of hydrogen-bond donors (Lipinski definition) is 3. The first-order valence-electron chi connectivity index (χ1n) is 5.32. The van der Waals surface area contributed by atoms with Gasteiger partial charge < -0.3 is 15.2 Å². The summed E-state index contributed by atoms with van der Waals surface area (Å²) in [5, 5.41) is 25.8. The second kappa shape index (κ2) is 5.13. The molecule has 8 nitrogen and oxygen atoms in total. The first-order chi connectivity index (χ1) is 9.42. The second-order valence-electron chi connectivity index (χ2n) is 3.81. The van der Waals surface area contributed by atoms with Gasteiger partial charge in [-0.3, -0.25) is 20.2 Å². The normalized spacial score (nSPS) is 15.9. The maximum atomic E-state index is 11.5. The van der Waals surface area contributed by atoms with Crippen molar-refractivity contribution in [1.29, 1.82) is 0 Å². The van der Waals surface area contributed by atoms with Crippen molar-refractivity contribution in [2.75, 3.05) is 7.11 Å². The Morgan fingerprint density at radius 3 is 2.65 bits per heavy atom. The maximum Gasteiger partial charge on any atom is 0.274 e. The maximum absolute atomic E-state index is 11.5. The zero-order chi connectivity index (χ0) is 14.9. The van der Waals surface area contributed by atoms with Crippen LogP contribution in [0.5, 0.6) is 11.5 Å². The minimum absolute atomic E-state index is 0.0629. The molecule has 1 aromatic carbocycles. The van der Waals surface area contributed by atoms with Gasteiger partial charge in [-0.1, -0.05) is 0 Å². The highest BCUT2D eigenvalue weighted by atomic mass is 32.1. The molecule has 9 heteroatoms. The smallest absolute Gasteiger partial charge is 0.274 e. The van der Waals surface area contributed by atoms with E-state index in [1.807, 2.05) is 0 Å². The van der Waals surface area contributed by atoms with Gasteiger partial charge in [0.05, 0.1) is 18.1 Å². The van der Waals surface area contributed by atoms with Gasteiger partial charge >= 0.3 is 0 Å². The van der Waals surface area contributed by atoms with Crippen LogP contribution in [-0.2, 0) is 4.79 Å². The molecule has 0 radical (unpaired) electrons. The molecular formula is C11H9N3O5S. The zero-order valence-electron chi connectivity index (χ0n) is 10.2. The quantitative estimate of drug-likeness (QED) is 0.325. The average Bonchev–Trinajstić information content (AvgIpc) is 2.70. The summed E-state index contributed by atoms with van der Waals surface area (Å²) in [4.78, 5) is 21.7. The molecule has 1 aliphatic rings. The number of non-ortho nitro benzene ring substituents is 1. The fourth-order valence-corrected chi connectivity index (χ4v) is 1.83. The Morgan fingerprint density at radius 1 is 1.45 bits per heavy atom. The van der Waals surface area contributed by atoms with Crippen LogP contribution in [-0.4, -0.2) is 28.2 Å². The number of carbonyl (C=O) groups is 1. The number of methoxy groups -OCH3 is 1. The van der Waals surface area contributed by atoms with Crippen LogP contribution in [0.1, 0.15) is 5.56 Å². The molecule has 2 rings (SSSR count). The van der Waals surface area contributed by atoms with Crippen molar-refractivity contribution in [2.45, 2.75) is 0 Å². The third kappa shape index (κ3) is 2.52. The highest BCUT2D eigenvalue weighted by Crippen LogP contribution is 2.35. The van der Waals surface area contributed by atoms with E-state index in [0.717, 1.165) is 12.1 Å². The lowest BCUT2D eigenvalue weighted by molar-refractivity contribution is -0.385. The third-order valence-electron chi connectivity index (χ3n) is 2.54. The number of nitrogens with one attached hydrogen (secondary N) is 2. The van der Waals surface area contributed by atoms with Crippen molar-refractivity contribution in [3.05, 3.63) is 33.5 Å². The fraction of sp³-hybridized carbons (Fsp3) is 0.0909. The van der Waals surface area contributed by atoms with Crippen LogP contribution in [0.25, 0.3) is 6.08 Å². The van der Waals surface area contributed by atoms with Gasteiger partial charge in [0.15, 0.2) is 16.6 Å². The number of nitrogens with zero attached hydrogens (tertiary/aromatic N) is 1. The van der Waals surface area contributed by atoms with Crippen LogP contribution in [0.4, 0.5) is 5.69 Å². The fourth-order valence-electron chi connectivity index (χ4n) is 1.62. The van der Waals surface area contributed by atoms with E-state index >= 15 is 0 Å². The summed E-state index contributed by atoms with van der Waals surface area (Å²) in [5.41, 5.74) is -0.126. The summed E-state index contributed by atoms with van der Waals surface area (Å²) in [6, 6.07) is 2.21. The van der Waals surface area contributed by atoms with E-state index in [9.17, 15) is 20.0 Å². The van der Waals surface area contributed by atoms with E-state index in [4.69, 9.17) is 17.0 Å². The van der Waals surface area contributed by atoms with Gasteiger partial charge in [0.1, 0.15) is 5.70 Å². The van der Waals surface area contributed by atoms with Gasteiger partial charge in [-0.05, 0) is 18.3 Å². The summed E-state index contributed by atoms with van der Waals surface area (Å²) in [6.45, 7) is 0. The van der Waals surface area contributed by atoms with E-state index in [1.54, 1.807) is 0 Å². The summed E-state index contributed by atoms with van der Waals surface area (Å²) in [5.74, 6) is -0.857. The zero-order valence-corrected chi connectivity index (χ0v) is 11.0. The molecule has 1 heterocycles. The Labute approximate surface area is 118 Å². The third-order valence-corrected chi connectivity index (χ3v) is 2.74. The molecule has 1 saturated heterocycles. The molecule has 0 aliphatic carbocycles. The number of nitro groups is 1. The lowest BCUT2D eigenvalue weighted by Gasteiger charge is -2.06. The number of phenolic OH excluding ortho intramolecular Hbond substituents is 1. The van der Waals surface area contributed by atoms with Crippen molar-refractivity contribution in [3.8, 4) is 11.5 Å². The number of thiocarbonyl (C=S) groups is 1. The van der Waals surface area contributed by atoms with E-state index in [0.29, 0.717) is 0 Å². The largest absolute Gasteiger partial charge is 0.504 e.